The number of hydrogen-bond donors (Lipinski definition) is 2. The first kappa shape index (κ1) is 8.44. The van der Waals surface area contributed by atoms with Crippen molar-refractivity contribution in [3.05, 3.63) is 0 Å². The van der Waals surface area contributed by atoms with Crippen LogP contribution in [0.1, 0.15) is 6.42 Å². The van der Waals surface area contributed by atoms with Gasteiger partial charge < -0.3 is 10.2 Å². The van der Waals surface area contributed by atoms with Gasteiger partial charge in [-0.25, -0.2) is 5.11 Å². The number of aliphatic hydroxyl groups is 2. The highest BCUT2D eigenvalue weighted by Gasteiger charge is 1.94. The lowest BCUT2D eigenvalue weighted by atomic mass is 10.3. The van der Waals surface area contributed by atoms with Gasteiger partial charge in [0.1, 0.15) is 12.7 Å². The molecule has 3 nitrogen and oxygen atoms in total. The van der Waals surface area contributed by atoms with Crippen LogP contribution in [0.5, 0.6) is 0 Å². The van der Waals surface area contributed by atoms with E-state index in [4.69, 9.17) is 10.2 Å². The average Bonchev–Trinajstić information content (AvgIpc) is 1.85. The van der Waals surface area contributed by atoms with Crippen LogP contribution in [0.3, 0.4) is 0 Å². The summed E-state index contributed by atoms with van der Waals surface area (Å²) in [6.45, 7) is -0.600. The van der Waals surface area contributed by atoms with Crippen LogP contribution >= 0.6 is 0 Å². The second-order valence-corrected chi connectivity index (χ2v) is 1.49. The molecule has 1 unspecified atom stereocenters. The van der Waals surface area contributed by atoms with Crippen LogP contribution in [0.25, 0.3) is 0 Å². The van der Waals surface area contributed by atoms with Crippen LogP contribution in [0.2, 0.25) is 0 Å². The molecule has 0 aliphatic heterocycles. The Kier molecular flexibility index (Phi) is 5.23. The zero-order valence-corrected chi connectivity index (χ0v) is 5.00. The maximum Gasteiger partial charge on any atom is 0.117 e. The molecule has 0 amide bonds. The summed E-state index contributed by atoms with van der Waals surface area (Å²) in [7, 11) is 0. The van der Waals surface area contributed by atoms with Crippen molar-refractivity contribution in [1.29, 1.82) is 0 Å². The van der Waals surface area contributed by atoms with E-state index in [0.717, 1.165) is 0 Å². The van der Waals surface area contributed by atoms with E-state index in [1.54, 1.807) is 0 Å². The molecule has 1 radical (unpaired) electrons. The molecule has 0 rings (SSSR count). The van der Waals surface area contributed by atoms with Crippen molar-refractivity contribution >= 4 is 0 Å². The quantitative estimate of drug-likeness (QED) is 0.478. The molecule has 0 spiro atoms. The Hall–Kier alpha value is -0.560. The van der Waals surface area contributed by atoms with Gasteiger partial charge in [-0.2, -0.15) is 0 Å². The van der Waals surface area contributed by atoms with Gasteiger partial charge in [0.2, 0.25) is 0 Å². The highest BCUT2D eigenvalue weighted by atomic mass is 16.3. The van der Waals surface area contributed by atoms with Crippen LogP contribution in [-0.4, -0.2) is 29.5 Å². The molecule has 3 heteroatoms. The van der Waals surface area contributed by atoms with Gasteiger partial charge in [-0.05, 0) is 0 Å². The summed E-state index contributed by atoms with van der Waals surface area (Å²) < 4.78 is 0. The fourth-order valence-electron chi connectivity index (χ4n) is 0.347. The van der Waals surface area contributed by atoms with Crippen molar-refractivity contribution in [2.24, 2.45) is 0 Å². The van der Waals surface area contributed by atoms with E-state index in [-0.39, 0.29) is 19.6 Å². The molecule has 0 aromatic heterocycles. The Morgan fingerprint density at radius 1 is 1.56 bits per heavy atom. The summed E-state index contributed by atoms with van der Waals surface area (Å²) >= 11 is 0. The highest BCUT2D eigenvalue weighted by molar-refractivity contribution is 5.04. The monoisotopic (exact) mass is 129 g/mol. The van der Waals surface area contributed by atoms with Crippen LogP contribution < -0.4 is 0 Å². The molecule has 0 aliphatic carbocycles. The van der Waals surface area contributed by atoms with Gasteiger partial charge in [0.15, 0.2) is 0 Å². The van der Waals surface area contributed by atoms with Gasteiger partial charge in [0.05, 0.1) is 6.61 Å². The first-order valence-corrected chi connectivity index (χ1v) is 2.66. The van der Waals surface area contributed by atoms with E-state index in [0.29, 0.717) is 0 Å². The Morgan fingerprint density at radius 3 is 2.67 bits per heavy atom. The molecule has 0 fully saturated rings. The molecule has 0 bridgehead atoms. The topological polar surface area (TPSA) is 60.4 Å². The minimum atomic E-state index is -0.866. The summed E-state index contributed by atoms with van der Waals surface area (Å²) in [6.07, 6.45) is -0.734. The minimum absolute atomic E-state index is 0.132. The SMILES string of the molecule is [O]CCC(O)C#CCO. The largest absolute Gasteiger partial charge is 0.384 e. The summed E-state index contributed by atoms with van der Waals surface area (Å²) in [4.78, 5) is 0. The lowest BCUT2D eigenvalue weighted by molar-refractivity contribution is 0.134. The van der Waals surface area contributed by atoms with Gasteiger partial charge in [-0.3, -0.25) is 0 Å². The van der Waals surface area contributed by atoms with Gasteiger partial charge in [0.25, 0.3) is 0 Å². The second kappa shape index (κ2) is 5.57. The molecule has 1 atom stereocenters. The lowest BCUT2D eigenvalue weighted by Crippen LogP contribution is -2.04. The molecule has 51 valence electrons. The fourth-order valence-corrected chi connectivity index (χ4v) is 0.347. The fraction of sp³-hybridized carbons (Fsp3) is 0.667. The van der Waals surface area contributed by atoms with Crippen LogP contribution in [-0.2, 0) is 5.11 Å². The van der Waals surface area contributed by atoms with Crippen LogP contribution in [0.15, 0.2) is 0 Å². The summed E-state index contributed by atoms with van der Waals surface area (Å²) in [6, 6.07) is 0. The molecule has 0 saturated heterocycles. The Labute approximate surface area is 53.9 Å². The van der Waals surface area contributed by atoms with Crippen molar-refractivity contribution in [2.75, 3.05) is 13.2 Å². The van der Waals surface area contributed by atoms with E-state index in [9.17, 15) is 5.11 Å². The van der Waals surface area contributed by atoms with Crippen molar-refractivity contribution in [1.82, 2.24) is 0 Å². The smallest absolute Gasteiger partial charge is 0.117 e. The molecule has 0 saturated carbocycles. The van der Waals surface area contributed by atoms with Crippen LogP contribution in [0, 0.1) is 11.8 Å². The molecule has 0 heterocycles. The van der Waals surface area contributed by atoms with Crippen molar-refractivity contribution in [2.45, 2.75) is 12.5 Å². The van der Waals surface area contributed by atoms with Gasteiger partial charge >= 0.3 is 0 Å². The van der Waals surface area contributed by atoms with Gasteiger partial charge in [-0.15, -0.1) is 0 Å². The van der Waals surface area contributed by atoms with Crippen molar-refractivity contribution < 1.29 is 15.3 Å². The van der Waals surface area contributed by atoms with Crippen molar-refractivity contribution in [3.63, 3.8) is 0 Å². The Balaban J connectivity index is 3.36. The molecule has 2 N–H and O–H groups in total. The second-order valence-electron chi connectivity index (χ2n) is 1.49. The van der Waals surface area contributed by atoms with E-state index in [1.807, 2.05) is 0 Å². The summed E-state index contributed by atoms with van der Waals surface area (Å²) in [5.41, 5.74) is 0. The standard InChI is InChI=1S/C6H9O3/c7-4-1-2-6(9)3-5-8/h6-7,9H,3-5H2. The van der Waals surface area contributed by atoms with Gasteiger partial charge in [-0.1, -0.05) is 11.8 Å². The molecule has 9 heavy (non-hydrogen) atoms. The number of rotatable bonds is 2. The van der Waals surface area contributed by atoms with E-state index in [2.05, 4.69) is 11.8 Å². The molecular weight excluding hydrogens is 120 g/mol. The predicted molar refractivity (Wildman–Crippen MR) is 31.0 cm³/mol. The Bertz CT molecular complexity index is 111. The molecule has 0 aromatic rings. The molecule has 0 aliphatic rings. The van der Waals surface area contributed by atoms with E-state index in [1.165, 1.54) is 0 Å². The summed E-state index contributed by atoms with van der Waals surface area (Å²) in [5, 5.41) is 26.6. The third-order valence-corrected chi connectivity index (χ3v) is 0.739. The normalized spacial score (nSPS) is 11.9. The maximum absolute atomic E-state index is 9.81. The number of hydrogen-bond acceptors (Lipinski definition) is 2. The highest BCUT2D eigenvalue weighted by Crippen LogP contribution is 1.85. The van der Waals surface area contributed by atoms with Crippen molar-refractivity contribution in [3.8, 4) is 11.8 Å². The average molecular weight is 129 g/mol. The Morgan fingerprint density at radius 2 is 2.22 bits per heavy atom. The third-order valence-electron chi connectivity index (χ3n) is 0.739. The van der Waals surface area contributed by atoms with E-state index < -0.39 is 6.10 Å². The molecular formula is C6H9O3. The van der Waals surface area contributed by atoms with Crippen LogP contribution in [0.4, 0.5) is 0 Å². The maximum atomic E-state index is 9.81. The first-order chi connectivity index (χ1) is 4.31. The van der Waals surface area contributed by atoms with E-state index >= 15 is 0 Å². The number of aliphatic hydroxyl groups excluding tert-OH is 2. The third kappa shape index (κ3) is 5.31. The zero-order valence-electron chi connectivity index (χ0n) is 5.00. The first-order valence-electron chi connectivity index (χ1n) is 2.66. The van der Waals surface area contributed by atoms with Gasteiger partial charge in [0, 0.05) is 6.42 Å². The minimum Gasteiger partial charge on any atom is -0.384 e. The summed E-state index contributed by atoms with van der Waals surface area (Å²) in [5.74, 6) is 4.54. The predicted octanol–water partition coefficient (Wildman–Crippen LogP) is -0.836. The zero-order chi connectivity index (χ0) is 7.11. The molecule has 0 aromatic carbocycles. The lowest BCUT2D eigenvalue weighted by Gasteiger charge is -1.94.